The fraction of sp³-hybridized carbons (Fsp3) is 0.429. The fourth-order valence-electron chi connectivity index (χ4n) is 2.89. The van der Waals surface area contributed by atoms with Crippen LogP contribution in [0, 0.1) is 23.2 Å². The molecule has 1 aromatic carbocycles. The van der Waals surface area contributed by atoms with Crippen LogP contribution >= 0.6 is 0 Å². The number of likely N-dealkylation sites (tertiary alicyclic amines) is 1. The van der Waals surface area contributed by atoms with Gasteiger partial charge in [0.05, 0.1) is 11.6 Å². The standard InChI is InChI=1S/C14H16N4O/c15-5-10-2-1-3-13(4-10)17-14(19)18-8-11-6-16-7-12(11)9-18/h1-4,11-12,16H,6-9H2,(H,17,19)/t11-,12+. The van der Waals surface area contributed by atoms with Gasteiger partial charge < -0.3 is 15.5 Å². The van der Waals surface area contributed by atoms with E-state index in [0.717, 1.165) is 26.2 Å². The lowest BCUT2D eigenvalue weighted by Crippen LogP contribution is -2.35. The van der Waals surface area contributed by atoms with Gasteiger partial charge in [-0.1, -0.05) is 6.07 Å². The smallest absolute Gasteiger partial charge is 0.321 e. The molecule has 0 aromatic heterocycles. The zero-order valence-corrected chi connectivity index (χ0v) is 10.6. The summed E-state index contributed by atoms with van der Waals surface area (Å²) >= 11 is 0. The first-order chi connectivity index (χ1) is 9.26. The Labute approximate surface area is 112 Å². The average molecular weight is 256 g/mol. The SMILES string of the molecule is N#Cc1cccc(NC(=O)N2C[C@H]3CNC[C@H]3C2)c1. The van der Waals surface area contributed by atoms with Gasteiger partial charge in [0.2, 0.25) is 0 Å². The lowest BCUT2D eigenvalue weighted by atomic mass is 10.0. The predicted octanol–water partition coefficient (Wildman–Crippen LogP) is 1.24. The van der Waals surface area contributed by atoms with Gasteiger partial charge in [0.15, 0.2) is 0 Å². The number of nitrogens with one attached hydrogen (secondary N) is 2. The number of nitriles is 1. The molecule has 2 heterocycles. The molecule has 2 aliphatic rings. The predicted molar refractivity (Wildman–Crippen MR) is 71.6 cm³/mol. The average Bonchev–Trinajstić information content (AvgIpc) is 2.99. The Morgan fingerprint density at radius 3 is 2.79 bits per heavy atom. The summed E-state index contributed by atoms with van der Waals surface area (Å²) in [5, 5.41) is 15.1. The Hall–Kier alpha value is -2.06. The third-order valence-electron chi connectivity index (χ3n) is 3.92. The molecular formula is C14H16N4O. The second-order valence-electron chi connectivity index (χ2n) is 5.21. The number of carbonyl (C=O) groups excluding carboxylic acids is 1. The van der Waals surface area contributed by atoms with E-state index in [1.807, 2.05) is 4.90 Å². The molecule has 0 unspecified atom stereocenters. The molecule has 5 heteroatoms. The Morgan fingerprint density at radius 2 is 2.11 bits per heavy atom. The molecule has 0 bridgehead atoms. The van der Waals surface area contributed by atoms with Crippen molar-refractivity contribution in [3.8, 4) is 6.07 Å². The van der Waals surface area contributed by atoms with Crippen LogP contribution in [0.1, 0.15) is 5.56 Å². The first-order valence-corrected chi connectivity index (χ1v) is 6.53. The number of amides is 2. The number of nitrogens with zero attached hydrogens (tertiary/aromatic N) is 2. The summed E-state index contributed by atoms with van der Waals surface area (Å²) in [6, 6.07) is 9.00. The van der Waals surface area contributed by atoms with Crippen molar-refractivity contribution in [2.24, 2.45) is 11.8 Å². The van der Waals surface area contributed by atoms with Crippen LogP contribution in [0.5, 0.6) is 0 Å². The number of benzene rings is 1. The molecule has 0 saturated carbocycles. The highest BCUT2D eigenvalue weighted by Gasteiger charge is 2.37. The summed E-state index contributed by atoms with van der Waals surface area (Å²) in [4.78, 5) is 14.0. The highest BCUT2D eigenvalue weighted by molar-refractivity contribution is 5.89. The van der Waals surface area contributed by atoms with Gasteiger partial charge in [0.25, 0.3) is 0 Å². The normalized spacial score (nSPS) is 24.9. The summed E-state index contributed by atoms with van der Waals surface area (Å²) in [6.07, 6.45) is 0. The van der Waals surface area contributed by atoms with Crippen LogP contribution in [0.15, 0.2) is 24.3 Å². The van der Waals surface area contributed by atoms with Crippen molar-refractivity contribution >= 4 is 11.7 Å². The van der Waals surface area contributed by atoms with Crippen molar-refractivity contribution in [3.05, 3.63) is 29.8 Å². The molecule has 0 aliphatic carbocycles. The van der Waals surface area contributed by atoms with E-state index >= 15 is 0 Å². The molecule has 0 radical (unpaired) electrons. The van der Waals surface area contributed by atoms with E-state index in [-0.39, 0.29) is 6.03 Å². The van der Waals surface area contributed by atoms with Crippen LogP contribution in [-0.2, 0) is 0 Å². The Kier molecular flexibility index (Phi) is 3.10. The van der Waals surface area contributed by atoms with Crippen LogP contribution in [0.3, 0.4) is 0 Å². The number of anilines is 1. The second kappa shape index (κ2) is 4.90. The number of fused-ring (bicyclic) bond motifs is 1. The summed E-state index contributed by atoms with van der Waals surface area (Å²) in [6.45, 7) is 3.67. The number of hydrogen-bond acceptors (Lipinski definition) is 3. The van der Waals surface area contributed by atoms with Gasteiger partial charge in [-0.25, -0.2) is 4.79 Å². The number of rotatable bonds is 1. The molecule has 98 valence electrons. The maximum absolute atomic E-state index is 12.2. The van der Waals surface area contributed by atoms with Gasteiger partial charge in [-0.2, -0.15) is 5.26 Å². The molecule has 3 rings (SSSR count). The van der Waals surface area contributed by atoms with E-state index in [1.165, 1.54) is 0 Å². The maximum atomic E-state index is 12.2. The van der Waals surface area contributed by atoms with Gasteiger partial charge in [0.1, 0.15) is 0 Å². The van der Waals surface area contributed by atoms with Crippen molar-refractivity contribution in [1.29, 1.82) is 5.26 Å². The molecule has 5 nitrogen and oxygen atoms in total. The molecule has 0 spiro atoms. The molecular weight excluding hydrogens is 240 g/mol. The molecule has 2 atom stereocenters. The topological polar surface area (TPSA) is 68.2 Å². The van der Waals surface area contributed by atoms with Gasteiger partial charge in [-0.05, 0) is 30.0 Å². The minimum atomic E-state index is -0.0653. The molecule has 2 fully saturated rings. The van der Waals surface area contributed by atoms with Crippen LogP contribution in [0.25, 0.3) is 0 Å². The van der Waals surface area contributed by atoms with E-state index in [2.05, 4.69) is 16.7 Å². The Balaban J connectivity index is 1.64. The minimum absolute atomic E-state index is 0.0653. The quantitative estimate of drug-likeness (QED) is 0.794. The molecule has 2 N–H and O–H groups in total. The first-order valence-electron chi connectivity index (χ1n) is 6.53. The van der Waals surface area contributed by atoms with Gasteiger partial charge in [-0.15, -0.1) is 0 Å². The van der Waals surface area contributed by atoms with Crippen molar-refractivity contribution < 1.29 is 4.79 Å². The highest BCUT2D eigenvalue weighted by Crippen LogP contribution is 2.26. The number of carbonyl (C=O) groups is 1. The van der Waals surface area contributed by atoms with E-state index in [4.69, 9.17) is 5.26 Å². The summed E-state index contributed by atoms with van der Waals surface area (Å²) in [5.74, 6) is 1.19. The van der Waals surface area contributed by atoms with Crippen LogP contribution in [-0.4, -0.2) is 37.1 Å². The van der Waals surface area contributed by atoms with Crippen molar-refractivity contribution in [2.75, 3.05) is 31.5 Å². The molecule has 2 saturated heterocycles. The number of urea groups is 1. The van der Waals surface area contributed by atoms with E-state index in [0.29, 0.717) is 23.1 Å². The van der Waals surface area contributed by atoms with Crippen LogP contribution in [0.2, 0.25) is 0 Å². The minimum Gasteiger partial charge on any atom is -0.324 e. The van der Waals surface area contributed by atoms with Gasteiger partial charge in [-0.3, -0.25) is 0 Å². The third-order valence-corrected chi connectivity index (χ3v) is 3.92. The molecule has 2 aliphatic heterocycles. The second-order valence-corrected chi connectivity index (χ2v) is 5.21. The lowest BCUT2D eigenvalue weighted by molar-refractivity contribution is 0.219. The maximum Gasteiger partial charge on any atom is 0.321 e. The fourth-order valence-corrected chi connectivity index (χ4v) is 2.89. The van der Waals surface area contributed by atoms with Crippen LogP contribution < -0.4 is 10.6 Å². The summed E-state index contributed by atoms with van der Waals surface area (Å²) in [7, 11) is 0. The van der Waals surface area contributed by atoms with Gasteiger partial charge >= 0.3 is 6.03 Å². The van der Waals surface area contributed by atoms with E-state index < -0.39 is 0 Å². The lowest BCUT2D eigenvalue weighted by Gasteiger charge is -2.18. The molecule has 19 heavy (non-hydrogen) atoms. The highest BCUT2D eigenvalue weighted by atomic mass is 16.2. The zero-order chi connectivity index (χ0) is 13.2. The van der Waals surface area contributed by atoms with Crippen LogP contribution in [0.4, 0.5) is 10.5 Å². The van der Waals surface area contributed by atoms with Crippen molar-refractivity contribution in [3.63, 3.8) is 0 Å². The zero-order valence-electron chi connectivity index (χ0n) is 10.6. The monoisotopic (exact) mass is 256 g/mol. The molecule has 1 aromatic rings. The van der Waals surface area contributed by atoms with Gasteiger partial charge in [0, 0.05) is 31.9 Å². The third kappa shape index (κ3) is 2.40. The van der Waals surface area contributed by atoms with Crippen molar-refractivity contribution in [2.45, 2.75) is 0 Å². The first kappa shape index (κ1) is 12.0. The van der Waals surface area contributed by atoms with Crippen molar-refractivity contribution in [1.82, 2.24) is 10.2 Å². The van der Waals surface area contributed by atoms with E-state index in [9.17, 15) is 4.79 Å². The number of hydrogen-bond donors (Lipinski definition) is 2. The van der Waals surface area contributed by atoms with E-state index in [1.54, 1.807) is 24.3 Å². The summed E-state index contributed by atoms with van der Waals surface area (Å²) in [5.41, 5.74) is 1.24. The Bertz CT molecular complexity index is 524. The largest absolute Gasteiger partial charge is 0.324 e. The summed E-state index contributed by atoms with van der Waals surface area (Å²) < 4.78 is 0. The Morgan fingerprint density at radius 1 is 1.37 bits per heavy atom. The molecule has 2 amide bonds.